The topological polar surface area (TPSA) is 115 Å². The zero-order valence-electron chi connectivity index (χ0n) is 16.2. The van der Waals surface area contributed by atoms with E-state index in [0.717, 1.165) is 4.47 Å². The Bertz CT molecular complexity index is 1310. The van der Waals surface area contributed by atoms with Gasteiger partial charge in [0.05, 0.1) is 28.0 Å². The van der Waals surface area contributed by atoms with Crippen LogP contribution in [0.3, 0.4) is 0 Å². The number of benzene rings is 2. The van der Waals surface area contributed by atoms with Gasteiger partial charge in [-0.25, -0.2) is 4.98 Å². The summed E-state index contributed by atoms with van der Waals surface area (Å²) < 4.78 is 2.37. The number of nitriles is 1. The Labute approximate surface area is 186 Å². The molecule has 0 unspecified atom stereocenters. The van der Waals surface area contributed by atoms with Crippen LogP contribution in [0.2, 0.25) is 0 Å². The van der Waals surface area contributed by atoms with Crippen molar-refractivity contribution in [2.45, 2.75) is 0 Å². The molecule has 0 spiro atoms. The van der Waals surface area contributed by atoms with Gasteiger partial charge < -0.3 is 15.7 Å². The minimum atomic E-state index is -0.254. The third kappa shape index (κ3) is 4.34. The number of para-hydroxylation sites is 1. The first-order valence-corrected chi connectivity index (χ1v) is 10.2. The average molecular weight is 477 g/mol. The lowest BCUT2D eigenvalue weighted by Crippen LogP contribution is -2.29. The Hall–Kier alpha value is -3.90. The van der Waals surface area contributed by atoms with Gasteiger partial charge in [0.15, 0.2) is 5.65 Å². The lowest BCUT2D eigenvalue weighted by molar-refractivity contribution is 0.0955. The minimum absolute atomic E-state index is 0.132. The van der Waals surface area contributed by atoms with Crippen molar-refractivity contribution in [2.75, 3.05) is 18.4 Å². The molecule has 0 aliphatic carbocycles. The highest BCUT2D eigenvalue weighted by atomic mass is 79.9. The van der Waals surface area contributed by atoms with Crippen LogP contribution in [0.1, 0.15) is 15.9 Å². The second-order valence-electron chi connectivity index (χ2n) is 6.65. The van der Waals surface area contributed by atoms with Crippen molar-refractivity contribution < 1.29 is 9.90 Å². The molecule has 0 saturated carbocycles. The molecule has 31 heavy (non-hydrogen) atoms. The summed E-state index contributed by atoms with van der Waals surface area (Å²) in [4.78, 5) is 16.9. The van der Waals surface area contributed by atoms with Gasteiger partial charge >= 0.3 is 0 Å². The number of rotatable bonds is 6. The maximum Gasteiger partial charge on any atom is 0.251 e. The average Bonchev–Trinajstić information content (AvgIpc) is 3.17. The fourth-order valence-corrected chi connectivity index (χ4v) is 3.44. The number of amides is 1. The summed E-state index contributed by atoms with van der Waals surface area (Å²) in [7, 11) is 0. The molecule has 0 bridgehead atoms. The smallest absolute Gasteiger partial charge is 0.251 e. The van der Waals surface area contributed by atoms with Crippen LogP contribution in [-0.4, -0.2) is 38.7 Å². The number of hydrogen-bond donors (Lipinski definition) is 3. The Kier molecular flexibility index (Phi) is 5.82. The summed E-state index contributed by atoms with van der Waals surface area (Å²) >= 11 is 3.45. The van der Waals surface area contributed by atoms with Crippen molar-refractivity contribution in [1.29, 1.82) is 5.26 Å². The largest absolute Gasteiger partial charge is 0.507 e. The summed E-state index contributed by atoms with van der Waals surface area (Å²) in [5, 5.41) is 29.6. The van der Waals surface area contributed by atoms with E-state index in [4.69, 9.17) is 5.26 Å². The number of halogens is 1. The molecule has 2 aromatic carbocycles. The number of anilines is 1. The summed E-state index contributed by atoms with van der Waals surface area (Å²) in [5.74, 6) is 0.540. The molecule has 0 aliphatic rings. The normalized spacial score (nSPS) is 10.6. The van der Waals surface area contributed by atoms with E-state index in [1.54, 1.807) is 59.2 Å². The van der Waals surface area contributed by atoms with Crippen molar-refractivity contribution in [1.82, 2.24) is 19.9 Å². The zero-order chi connectivity index (χ0) is 21.8. The van der Waals surface area contributed by atoms with Gasteiger partial charge in [0.25, 0.3) is 5.91 Å². The number of nitrogens with zero attached hydrogens (tertiary/aromatic N) is 4. The Balaban J connectivity index is 1.50. The minimum Gasteiger partial charge on any atom is -0.507 e. The molecule has 2 heterocycles. The number of aromatic hydroxyl groups is 1. The van der Waals surface area contributed by atoms with Gasteiger partial charge in [-0.2, -0.15) is 14.9 Å². The standard InChI is InChI=1S/C22H17BrN6O2/c23-17-13-27-29-20(11-18(28-21(17)29)16-6-1-2-7-19(16)30)25-8-9-26-22(31)15-5-3-4-14(10-15)12-24/h1-7,10-11,13,25,30H,8-9H2,(H,26,31). The van der Waals surface area contributed by atoms with Gasteiger partial charge in [-0.15, -0.1) is 0 Å². The maximum atomic E-state index is 12.3. The second kappa shape index (κ2) is 8.85. The Morgan fingerprint density at radius 3 is 2.81 bits per heavy atom. The molecule has 1 amide bonds. The van der Waals surface area contributed by atoms with E-state index in [1.807, 2.05) is 12.1 Å². The quantitative estimate of drug-likeness (QED) is 0.366. The van der Waals surface area contributed by atoms with Crippen LogP contribution in [0.25, 0.3) is 16.9 Å². The Morgan fingerprint density at radius 2 is 2.00 bits per heavy atom. The number of carbonyl (C=O) groups excluding carboxylic acids is 1. The lowest BCUT2D eigenvalue weighted by atomic mass is 10.1. The van der Waals surface area contributed by atoms with Gasteiger partial charge in [0, 0.05) is 30.3 Å². The summed E-state index contributed by atoms with van der Waals surface area (Å²) in [6.07, 6.45) is 1.64. The summed E-state index contributed by atoms with van der Waals surface area (Å²) in [6.45, 7) is 0.786. The van der Waals surface area contributed by atoms with Crippen molar-refractivity contribution in [3.05, 3.63) is 76.4 Å². The SMILES string of the molecule is N#Cc1cccc(C(=O)NCCNc2cc(-c3ccccc3O)nc3c(Br)cnn23)c1. The first-order chi connectivity index (χ1) is 15.1. The fourth-order valence-electron chi connectivity index (χ4n) is 3.09. The van der Waals surface area contributed by atoms with Crippen LogP contribution in [0.4, 0.5) is 5.82 Å². The van der Waals surface area contributed by atoms with Gasteiger partial charge in [-0.3, -0.25) is 4.79 Å². The highest BCUT2D eigenvalue weighted by Gasteiger charge is 2.13. The maximum absolute atomic E-state index is 12.3. The van der Waals surface area contributed by atoms with E-state index >= 15 is 0 Å². The van der Waals surface area contributed by atoms with Gasteiger partial charge in [-0.1, -0.05) is 18.2 Å². The number of hydrogen-bond acceptors (Lipinski definition) is 6. The third-order valence-electron chi connectivity index (χ3n) is 4.58. The first-order valence-electron chi connectivity index (χ1n) is 9.41. The summed E-state index contributed by atoms with van der Waals surface area (Å²) in [5.41, 5.74) is 2.66. The second-order valence-corrected chi connectivity index (χ2v) is 7.50. The number of carbonyl (C=O) groups is 1. The molecule has 4 rings (SSSR count). The molecule has 0 fully saturated rings. The molecule has 3 N–H and O–H groups in total. The predicted molar refractivity (Wildman–Crippen MR) is 120 cm³/mol. The van der Waals surface area contributed by atoms with Crippen molar-refractivity contribution in [3.8, 4) is 23.1 Å². The van der Waals surface area contributed by atoms with E-state index in [2.05, 4.69) is 36.6 Å². The number of phenolic OH excluding ortho intramolecular Hbond substituents is 1. The Morgan fingerprint density at radius 1 is 1.16 bits per heavy atom. The number of aromatic nitrogens is 3. The molecule has 4 aromatic rings. The molecule has 0 saturated heterocycles. The molecular formula is C22H17BrN6O2. The van der Waals surface area contributed by atoms with Crippen LogP contribution in [0.15, 0.2) is 65.3 Å². The molecule has 8 nitrogen and oxygen atoms in total. The van der Waals surface area contributed by atoms with Crippen LogP contribution >= 0.6 is 15.9 Å². The van der Waals surface area contributed by atoms with E-state index in [-0.39, 0.29) is 11.7 Å². The highest BCUT2D eigenvalue weighted by Crippen LogP contribution is 2.30. The fraction of sp³-hybridized carbons (Fsp3) is 0.0909. The van der Waals surface area contributed by atoms with Gasteiger partial charge in [-0.05, 0) is 46.3 Å². The van der Waals surface area contributed by atoms with E-state index in [1.165, 1.54) is 0 Å². The van der Waals surface area contributed by atoms with Gasteiger partial charge in [0.1, 0.15) is 11.6 Å². The van der Waals surface area contributed by atoms with Crippen LogP contribution in [0.5, 0.6) is 5.75 Å². The van der Waals surface area contributed by atoms with Crippen molar-refractivity contribution >= 4 is 33.3 Å². The van der Waals surface area contributed by atoms with Gasteiger partial charge in [0.2, 0.25) is 0 Å². The molecular weight excluding hydrogens is 460 g/mol. The lowest BCUT2D eigenvalue weighted by Gasteiger charge is -2.12. The monoisotopic (exact) mass is 476 g/mol. The number of phenols is 1. The van der Waals surface area contributed by atoms with E-state index < -0.39 is 0 Å². The van der Waals surface area contributed by atoms with Crippen molar-refractivity contribution in [3.63, 3.8) is 0 Å². The predicted octanol–water partition coefficient (Wildman–Crippen LogP) is 3.58. The molecule has 0 aliphatic heterocycles. The van der Waals surface area contributed by atoms with Crippen LogP contribution < -0.4 is 10.6 Å². The number of fused-ring (bicyclic) bond motifs is 1. The van der Waals surface area contributed by atoms with Crippen LogP contribution in [0, 0.1) is 11.3 Å². The van der Waals surface area contributed by atoms with E-state index in [0.29, 0.717) is 46.9 Å². The molecule has 9 heteroatoms. The van der Waals surface area contributed by atoms with Crippen molar-refractivity contribution in [2.24, 2.45) is 0 Å². The summed E-state index contributed by atoms with van der Waals surface area (Å²) in [6, 6.07) is 17.3. The highest BCUT2D eigenvalue weighted by molar-refractivity contribution is 9.10. The molecule has 0 radical (unpaired) electrons. The molecule has 2 aromatic heterocycles. The first kappa shape index (κ1) is 20.4. The molecule has 154 valence electrons. The van der Waals surface area contributed by atoms with Crippen LogP contribution in [-0.2, 0) is 0 Å². The number of nitrogens with one attached hydrogen (secondary N) is 2. The third-order valence-corrected chi connectivity index (χ3v) is 5.14. The zero-order valence-corrected chi connectivity index (χ0v) is 17.8. The van der Waals surface area contributed by atoms with E-state index in [9.17, 15) is 9.90 Å². The molecule has 0 atom stereocenters.